The first-order chi connectivity index (χ1) is 37.7. The van der Waals surface area contributed by atoms with Crippen molar-refractivity contribution in [3.8, 4) is 100 Å². The topological polar surface area (TPSA) is 0 Å². The Kier molecular flexibility index (Phi) is 8.40. The van der Waals surface area contributed by atoms with E-state index in [-0.39, 0.29) is 21.7 Å². The van der Waals surface area contributed by atoms with E-state index in [9.17, 15) is 0 Å². The van der Waals surface area contributed by atoms with Gasteiger partial charge in [-0.2, -0.15) is 0 Å². The Labute approximate surface area is 457 Å². The summed E-state index contributed by atoms with van der Waals surface area (Å²) in [6, 6.07) is 80.6. The lowest BCUT2D eigenvalue weighted by molar-refractivity contribution is 0.660. The number of hydrogen-bond donors (Lipinski definition) is 0. The van der Waals surface area contributed by atoms with Crippen LogP contribution in [0.5, 0.6) is 0 Å². The van der Waals surface area contributed by atoms with E-state index < -0.39 is 0 Å². The van der Waals surface area contributed by atoms with Gasteiger partial charge in [0.15, 0.2) is 0 Å². The maximum absolute atomic E-state index is 2.58. The van der Waals surface area contributed by atoms with Crippen LogP contribution < -0.4 is 0 Å². The first-order valence-corrected chi connectivity index (χ1v) is 28.2. The van der Waals surface area contributed by atoms with Gasteiger partial charge in [-0.3, -0.25) is 0 Å². The molecule has 370 valence electrons. The van der Waals surface area contributed by atoms with Crippen molar-refractivity contribution in [2.24, 2.45) is 0 Å². The molecule has 5 aliphatic carbocycles. The van der Waals surface area contributed by atoms with Crippen LogP contribution in [0.15, 0.2) is 206 Å². The zero-order valence-corrected chi connectivity index (χ0v) is 45.6. The van der Waals surface area contributed by atoms with E-state index in [0.717, 1.165) is 0 Å². The summed E-state index contributed by atoms with van der Waals surface area (Å²) in [4.78, 5) is 0. The molecule has 0 saturated heterocycles. The van der Waals surface area contributed by atoms with Crippen LogP contribution in [0.4, 0.5) is 0 Å². The van der Waals surface area contributed by atoms with E-state index in [4.69, 9.17) is 0 Å². The number of benzene rings is 12. The fourth-order valence-electron chi connectivity index (χ4n) is 16.2. The van der Waals surface area contributed by atoms with E-state index >= 15 is 0 Å². The maximum Gasteiger partial charge on any atom is 0.0159 e. The van der Waals surface area contributed by atoms with Crippen LogP contribution in [0.25, 0.3) is 132 Å². The highest BCUT2D eigenvalue weighted by atomic mass is 14.4. The summed E-state index contributed by atoms with van der Waals surface area (Å²) in [5, 5.41) is 8.03. The minimum atomic E-state index is -0.139. The van der Waals surface area contributed by atoms with Crippen LogP contribution in [0, 0.1) is 0 Å². The van der Waals surface area contributed by atoms with E-state index in [1.54, 1.807) is 0 Å². The largest absolute Gasteiger partial charge is 0.0619 e. The minimum Gasteiger partial charge on any atom is -0.0619 e. The molecule has 0 N–H and O–H groups in total. The summed E-state index contributed by atoms with van der Waals surface area (Å²) in [7, 11) is 0. The number of rotatable bonds is 4. The smallest absolute Gasteiger partial charge is 0.0159 e. The van der Waals surface area contributed by atoms with Gasteiger partial charge in [0.25, 0.3) is 0 Å². The molecule has 0 unspecified atom stereocenters. The van der Waals surface area contributed by atoms with Crippen molar-refractivity contribution in [1.82, 2.24) is 0 Å². The van der Waals surface area contributed by atoms with Crippen molar-refractivity contribution in [3.05, 3.63) is 251 Å². The Morgan fingerprint density at radius 1 is 0.192 bits per heavy atom. The fourth-order valence-corrected chi connectivity index (χ4v) is 16.2. The SMILES string of the molecule is CC1(C)c2ccccc2-c2ccc(-c3cc(-c4ccc5c(c4)C(C)(C)c4ccccc4-5)c4ccc5c(-c6ccc7c(c6)C(C)(C)c6ccccc6-7)cc6c(-c7ccc8c(c7)C(C)(C)c7ccccc7-8)ccc7c6c5c4c3-7)cc21. The van der Waals surface area contributed by atoms with Crippen LogP contribution in [-0.4, -0.2) is 0 Å². The molecule has 0 atom stereocenters. The molecule has 0 heterocycles. The monoisotopic (exact) mass is 994 g/mol. The van der Waals surface area contributed by atoms with Crippen molar-refractivity contribution in [1.29, 1.82) is 0 Å². The first-order valence-electron chi connectivity index (χ1n) is 28.2. The Morgan fingerprint density at radius 2 is 0.500 bits per heavy atom. The second-order valence-corrected chi connectivity index (χ2v) is 25.5. The third-order valence-electron chi connectivity index (χ3n) is 20.2. The zero-order chi connectivity index (χ0) is 52.5. The average molecular weight is 995 g/mol. The summed E-state index contributed by atoms with van der Waals surface area (Å²) in [6.45, 7) is 19.3. The number of hydrogen-bond acceptors (Lipinski definition) is 0. The number of fused-ring (bicyclic) bond motifs is 13. The molecule has 12 aromatic carbocycles. The molecular weight excluding hydrogens is 937 g/mol. The Balaban J connectivity index is 0.978. The summed E-state index contributed by atoms with van der Waals surface area (Å²) in [5.74, 6) is 0. The molecular formula is C78H58. The van der Waals surface area contributed by atoms with Crippen molar-refractivity contribution in [2.45, 2.75) is 77.0 Å². The highest BCUT2D eigenvalue weighted by Crippen LogP contribution is 2.60. The molecule has 0 bridgehead atoms. The molecule has 0 aromatic heterocycles. The van der Waals surface area contributed by atoms with Gasteiger partial charge >= 0.3 is 0 Å². The molecule has 0 spiro atoms. The second kappa shape index (κ2) is 14.7. The summed E-state index contributed by atoms with van der Waals surface area (Å²) < 4.78 is 0. The summed E-state index contributed by atoms with van der Waals surface area (Å²) in [5.41, 5.74) is 34.4. The lowest BCUT2D eigenvalue weighted by Crippen LogP contribution is -2.15. The molecule has 0 radical (unpaired) electrons. The Bertz CT molecular complexity index is 4770. The molecule has 0 heteroatoms. The Hall–Kier alpha value is -8.58. The van der Waals surface area contributed by atoms with Gasteiger partial charge in [0, 0.05) is 21.7 Å². The van der Waals surface area contributed by atoms with Gasteiger partial charge in [-0.25, -0.2) is 0 Å². The quantitative estimate of drug-likeness (QED) is 0.154. The van der Waals surface area contributed by atoms with Crippen molar-refractivity contribution < 1.29 is 0 Å². The highest BCUT2D eigenvalue weighted by Gasteiger charge is 2.40. The zero-order valence-electron chi connectivity index (χ0n) is 45.6. The maximum atomic E-state index is 2.58. The van der Waals surface area contributed by atoms with Crippen molar-refractivity contribution >= 4 is 32.3 Å². The van der Waals surface area contributed by atoms with Crippen LogP contribution in [0.2, 0.25) is 0 Å². The average Bonchev–Trinajstić information content (AvgIpc) is 4.19. The van der Waals surface area contributed by atoms with Crippen LogP contribution in [0.1, 0.15) is 99.9 Å². The molecule has 0 saturated carbocycles. The molecule has 12 aromatic rings. The predicted molar refractivity (Wildman–Crippen MR) is 330 cm³/mol. The standard InChI is InChI=1S/C78H58/c1-75(2)63-21-13-9-17-48(63)52-29-25-43(37-67(52)75)47-33-36-58-71-61(46-28-32-55-51-20-12-16-24-66(51)78(7,8)70(55)40-46)41-59(44-26-30-53-49-18-10-14-22-64(49)76(3,4)68(53)38-44)56-34-35-57-60(42-62(47)72(58)74(57)73(56)71)45-27-31-54-50-19-11-15-23-65(50)77(5,6)69(54)39-45/h9-42H,1-8H3. The van der Waals surface area contributed by atoms with Gasteiger partial charge in [-0.05, 0) is 213 Å². The lowest BCUT2D eigenvalue weighted by Gasteiger charge is -2.23. The molecule has 5 aliphatic rings. The normalized spacial score (nSPS) is 16.1. The molecule has 78 heavy (non-hydrogen) atoms. The molecule has 17 rings (SSSR count). The summed E-state index contributed by atoms with van der Waals surface area (Å²) in [6.07, 6.45) is 0. The van der Waals surface area contributed by atoms with Crippen molar-refractivity contribution in [2.75, 3.05) is 0 Å². The molecule has 0 aliphatic heterocycles. The van der Waals surface area contributed by atoms with Crippen molar-refractivity contribution in [3.63, 3.8) is 0 Å². The van der Waals surface area contributed by atoms with E-state index in [1.807, 2.05) is 0 Å². The first kappa shape index (κ1) is 44.5. The summed E-state index contributed by atoms with van der Waals surface area (Å²) >= 11 is 0. The van der Waals surface area contributed by atoms with Gasteiger partial charge in [0.05, 0.1) is 0 Å². The van der Waals surface area contributed by atoms with E-state index in [2.05, 4.69) is 262 Å². The van der Waals surface area contributed by atoms with Crippen LogP contribution in [-0.2, 0) is 21.7 Å². The van der Waals surface area contributed by atoms with Gasteiger partial charge in [0.2, 0.25) is 0 Å². The molecule has 0 fully saturated rings. The van der Waals surface area contributed by atoms with Gasteiger partial charge in [-0.15, -0.1) is 0 Å². The van der Waals surface area contributed by atoms with E-state index in [0.29, 0.717) is 0 Å². The van der Waals surface area contributed by atoms with Crippen LogP contribution in [0.3, 0.4) is 0 Å². The minimum absolute atomic E-state index is 0.118. The van der Waals surface area contributed by atoms with Gasteiger partial charge in [-0.1, -0.05) is 225 Å². The third-order valence-corrected chi connectivity index (χ3v) is 20.2. The second-order valence-electron chi connectivity index (χ2n) is 25.5. The van der Waals surface area contributed by atoms with Gasteiger partial charge in [0.1, 0.15) is 0 Å². The van der Waals surface area contributed by atoms with Crippen LogP contribution >= 0.6 is 0 Å². The fraction of sp³-hybridized carbons (Fsp3) is 0.154. The lowest BCUT2D eigenvalue weighted by atomic mass is 9.80. The molecule has 0 amide bonds. The molecule has 0 nitrogen and oxygen atoms in total. The Morgan fingerprint density at radius 3 is 0.910 bits per heavy atom. The predicted octanol–water partition coefficient (Wildman–Crippen LogP) is 21.0. The van der Waals surface area contributed by atoms with E-state index in [1.165, 1.54) is 177 Å². The van der Waals surface area contributed by atoms with Gasteiger partial charge < -0.3 is 0 Å². The highest BCUT2D eigenvalue weighted by molar-refractivity contribution is 6.39. The third kappa shape index (κ3) is 5.46.